The fourth-order valence-electron chi connectivity index (χ4n) is 3.15. The zero-order valence-corrected chi connectivity index (χ0v) is 14.2. The van der Waals surface area contributed by atoms with Gasteiger partial charge >= 0.3 is 5.97 Å². The van der Waals surface area contributed by atoms with Crippen molar-refractivity contribution in [3.8, 4) is 0 Å². The number of nitrogens with zero attached hydrogens (tertiary/aromatic N) is 1. The first kappa shape index (κ1) is 18.2. The second kappa shape index (κ2) is 8.62. The van der Waals surface area contributed by atoms with Crippen LogP contribution in [0.5, 0.6) is 0 Å². The van der Waals surface area contributed by atoms with E-state index in [0.717, 1.165) is 24.2 Å². The predicted octanol–water partition coefficient (Wildman–Crippen LogP) is 3.88. The van der Waals surface area contributed by atoms with Crippen LogP contribution in [0.4, 0.5) is 0 Å². The molecule has 130 valence electrons. The number of benzene rings is 1. The van der Waals surface area contributed by atoms with Gasteiger partial charge in [0.25, 0.3) is 11.8 Å². The molecular weight excluding hydrogens is 306 g/mol. The van der Waals surface area contributed by atoms with Crippen LogP contribution < -0.4 is 0 Å². The average Bonchev–Trinajstić information content (AvgIpc) is 2.82. The molecule has 0 aromatic heterocycles. The molecule has 1 aliphatic rings. The van der Waals surface area contributed by atoms with E-state index in [9.17, 15) is 19.5 Å². The molecule has 1 N–H and O–H groups in total. The van der Waals surface area contributed by atoms with Crippen molar-refractivity contribution in [2.45, 2.75) is 64.3 Å². The first-order valence-corrected chi connectivity index (χ1v) is 8.77. The fraction of sp³-hybridized carbons (Fsp3) is 0.526. The minimum atomic E-state index is -1.12. The lowest BCUT2D eigenvalue weighted by Gasteiger charge is -2.22. The van der Waals surface area contributed by atoms with Crippen LogP contribution in [-0.2, 0) is 4.79 Å². The van der Waals surface area contributed by atoms with Crippen molar-refractivity contribution >= 4 is 17.8 Å². The van der Waals surface area contributed by atoms with Gasteiger partial charge in [0.05, 0.1) is 11.1 Å². The number of hydrogen-bond acceptors (Lipinski definition) is 3. The first-order valence-electron chi connectivity index (χ1n) is 8.77. The third-order valence-electron chi connectivity index (χ3n) is 4.50. The van der Waals surface area contributed by atoms with Crippen molar-refractivity contribution in [2.24, 2.45) is 0 Å². The third kappa shape index (κ3) is 4.02. The van der Waals surface area contributed by atoms with Crippen LogP contribution in [0.1, 0.15) is 79.0 Å². The summed E-state index contributed by atoms with van der Waals surface area (Å²) >= 11 is 0. The Balaban J connectivity index is 1.93. The quantitative estimate of drug-likeness (QED) is 0.521. The number of carbonyl (C=O) groups is 3. The van der Waals surface area contributed by atoms with Crippen molar-refractivity contribution in [3.63, 3.8) is 0 Å². The number of carboxylic acids is 1. The molecule has 1 aliphatic heterocycles. The molecule has 0 radical (unpaired) electrons. The second-order valence-electron chi connectivity index (χ2n) is 6.29. The Bertz CT molecular complexity index is 576. The number of carbonyl (C=O) groups excluding carboxylic acids is 2. The smallest absolute Gasteiger partial charge is 0.326 e. The highest BCUT2D eigenvalue weighted by Crippen LogP contribution is 2.26. The van der Waals surface area contributed by atoms with E-state index >= 15 is 0 Å². The molecule has 0 saturated heterocycles. The lowest BCUT2D eigenvalue weighted by atomic mass is 10.0. The fourth-order valence-corrected chi connectivity index (χ4v) is 3.15. The number of carboxylic acid groups (broad SMARTS) is 1. The summed E-state index contributed by atoms with van der Waals surface area (Å²) in [6.07, 6.45) is 7.79. The van der Waals surface area contributed by atoms with Crippen molar-refractivity contribution in [2.75, 3.05) is 0 Å². The predicted molar refractivity (Wildman–Crippen MR) is 91.0 cm³/mol. The van der Waals surface area contributed by atoms with E-state index in [1.165, 1.54) is 19.3 Å². The third-order valence-corrected chi connectivity index (χ3v) is 4.50. The van der Waals surface area contributed by atoms with Gasteiger partial charge in [0.2, 0.25) is 0 Å². The van der Waals surface area contributed by atoms with E-state index in [-0.39, 0.29) is 0 Å². The van der Waals surface area contributed by atoms with E-state index in [1.54, 1.807) is 24.3 Å². The van der Waals surface area contributed by atoms with Gasteiger partial charge in [-0.2, -0.15) is 0 Å². The maximum Gasteiger partial charge on any atom is 0.326 e. The van der Waals surface area contributed by atoms with Crippen LogP contribution in [0.3, 0.4) is 0 Å². The van der Waals surface area contributed by atoms with E-state index < -0.39 is 23.8 Å². The Kier molecular flexibility index (Phi) is 6.53. The van der Waals surface area contributed by atoms with E-state index in [1.807, 2.05) is 0 Å². The average molecular weight is 331 g/mol. The van der Waals surface area contributed by atoms with Crippen LogP contribution in [0.2, 0.25) is 0 Å². The van der Waals surface area contributed by atoms with Gasteiger partial charge in [0, 0.05) is 0 Å². The van der Waals surface area contributed by atoms with Gasteiger partial charge in [-0.05, 0) is 18.6 Å². The van der Waals surface area contributed by atoms with Crippen LogP contribution in [0.25, 0.3) is 0 Å². The summed E-state index contributed by atoms with van der Waals surface area (Å²) < 4.78 is 0. The lowest BCUT2D eigenvalue weighted by molar-refractivity contribution is -0.141. The summed E-state index contributed by atoms with van der Waals surface area (Å²) in [5.41, 5.74) is 0.599. The van der Waals surface area contributed by atoms with Gasteiger partial charge in [-0.25, -0.2) is 4.79 Å². The maximum atomic E-state index is 12.4. The van der Waals surface area contributed by atoms with Crippen LogP contribution in [-0.4, -0.2) is 33.8 Å². The van der Waals surface area contributed by atoms with Crippen LogP contribution in [0, 0.1) is 0 Å². The molecule has 2 amide bonds. The number of amides is 2. The van der Waals surface area contributed by atoms with Gasteiger partial charge in [-0.15, -0.1) is 0 Å². The van der Waals surface area contributed by atoms with Gasteiger partial charge < -0.3 is 5.11 Å². The van der Waals surface area contributed by atoms with Crippen LogP contribution in [0.15, 0.2) is 24.3 Å². The van der Waals surface area contributed by atoms with E-state index in [2.05, 4.69) is 6.92 Å². The molecule has 24 heavy (non-hydrogen) atoms. The van der Waals surface area contributed by atoms with Crippen molar-refractivity contribution in [3.05, 3.63) is 35.4 Å². The molecule has 0 spiro atoms. The Hall–Kier alpha value is -2.17. The molecular formula is C19H25NO4. The zero-order chi connectivity index (χ0) is 17.5. The Morgan fingerprint density at radius 2 is 1.46 bits per heavy atom. The second-order valence-corrected chi connectivity index (χ2v) is 6.29. The van der Waals surface area contributed by atoms with Gasteiger partial charge in [-0.3, -0.25) is 14.5 Å². The molecule has 1 atom stereocenters. The van der Waals surface area contributed by atoms with Gasteiger partial charge in [-0.1, -0.05) is 64.0 Å². The van der Waals surface area contributed by atoms with Crippen LogP contribution >= 0.6 is 0 Å². The molecule has 1 heterocycles. The molecule has 0 aliphatic carbocycles. The molecule has 1 aromatic carbocycles. The summed E-state index contributed by atoms with van der Waals surface area (Å²) in [6.45, 7) is 2.17. The van der Waals surface area contributed by atoms with Crippen molar-refractivity contribution in [1.82, 2.24) is 4.90 Å². The normalized spacial score (nSPS) is 14.8. The SMILES string of the molecule is CCCCCCCCCC(C(=O)O)N1C(=O)c2ccccc2C1=O. The number of rotatable bonds is 10. The number of hydrogen-bond donors (Lipinski definition) is 1. The molecule has 0 fully saturated rings. The minimum Gasteiger partial charge on any atom is -0.480 e. The molecule has 2 rings (SSSR count). The highest BCUT2D eigenvalue weighted by atomic mass is 16.4. The van der Waals surface area contributed by atoms with E-state index in [4.69, 9.17) is 0 Å². The molecule has 1 unspecified atom stereocenters. The number of fused-ring (bicyclic) bond motifs is 1. The summed E-state index contributed by atoms with van der Waals surface area (Å²) in [5, 5.41) is 9.47. The monoisotopic (exact) mass is 331 g/mol. The van der Waals surface area contributed by atoms with Crippen molar-refractivity contribution in [1.29, 1.82) is 0 Å². The lowest BCUT2D eigenvalue weighted by Crippen LogP contribution is -2.44. The molecule has 5 heteroatoms. The molecule has 0 saturated carbocycles. The summed E-state index contributed by atoms with van der Waals surface area (Å²) in [6, 6.07) is 5.43. The Morgan fingerprint density at radius 3 is 1.96 bits per heavy atom. The largest absolute Gasteiger partial charge is 0.480 e. The molecule has 5 nitrogen and oxygen atoms in total. The maximum absolute atomic E-state index is 12.4. The minimum absolute atomic E-state index is 0.299. The summed E-state index contributed by atoms with van der Waals surface area (Å²) in [4.78, 5) is 37.3. The van der Waals surface area contributed by atoms with Gasteiger partial charge in [0.1, 0.15) is 6.04 Å². The highest BCUT2D eigenvalue weighted by molar-refractivity contribution is 6.22. The van der Waals surface area contributed by atoms with Crippen molar-refractivity contribution < 1.29 is 19.5 Å². The number of imide groups is 1. The standard InChI is InChI=1S/C19H25NO4/c1-2-3-4-5-6-7-8-13-16(19(23)24)20-17(21)14-11-9-10-12-15(14)18(20)22/h9-12,16H,2-8,13H2,1H3,(H,23,24). The molecule has 0 bridgehead atoms. The molecule has 1 aromatic rings. The Morgan fingerprint density at radius 1 is 0.958 bits per heavy atom. The first-order chi connectivity index (χ1) is 11.6. The van der Waals surface area contributed by atoms with E-state index in [0.29, 0.717) is 24.0 Å². The Labute approximate surface area is 142 Å². The number of unbranched alkanes of at least 4 members (excludes halogenated alkanes) is 6. The number of aliphatic carboxylic acids is 1. The zero-order valence-electron chi connectivity index (χ0n) is 14.2. The highest BCUT2D eigenvalue weighted by Gasteiger charge is 2.42. The summed E-state index contributed by atoms with van der Waals surface area (Å²) in [5.74, 6) is -2.10. The summed E-state index contributed by atoms with van der Waals surface area (Å²) in [7, 11) is 0. The topological polar surface area (TPSA) is 74.7 Å². The van der Waals surface area contributed by atoms with Gasteiger partial charge in [0.15, 0.2) is 0 Å².